The zero-order valence-corrected chi connectivity index (χ0v) is 46.8. The molecule has 1 aliphatic heterocycles. The fourth-order valence-electron chi connectivity index (χ4n) is 9.62. The van der Waals surface area contributed by atoms with Crippen LogP contribution >= 0.6 is 0 Å². The van der Waals surface area contributed by atoms with Crippen LogP contribution < -0.4 is 0 Å². The number of esters is 2. The second kappa shape index (κ2) is 40.5. The van der Waals surface area contributed by atoms with E-state index >= 15 is 0 Å². The number of carbonyl (C=O) groups is 2. The smallest absolute Gasteiger partial charge is 0.306 e. The quantitative estimate of drug-likeness (QED) is 0.0326. The Morgan fingerprint density at radius 2 is 0.827 bits per heavy atom. The Morgan fingerprint density at radius 3 is 1.23 bits per heavy atom. The predicted molar refractivity (Wildman–Crippen MR) is 298 cm³/mol. The van der Waals surface area contributed by atoms with E-state index in [9.17, 15) is 22.6 Å². The Morgan fingerprint density at radius 1 is 0.467 bits per heavy atom. The van der Waals surface area contributed by atoms with Gasteiger partial charge in [-0.25, -0.2) is 0 Å². The highest BCUT2D eigenvalue weighted by molar-refractivity contribution is 7.85. The van der Waals surface area contributed by atoms with E-state index in [0.29, 0.717) is 12.8 Å². The van der Waals surface area contributed by atoms with Crippen molar-refractivity contribution in [1.82, 2.24) is 0 Å². The summed E-state index contributed by atoms with van der Waals surface area (Å²) in [4.78, 5) is 26.7. The normalized spacial score (nSPS) is 18.2. The number of hydrogen-bond donors (Lipinski definition) is 1. The van der Waals surface area contributed by atoms with Crippen LogP contribution in [0.5, 0.6) is 0 Å². The summed E-state index contributed by atoms with van der Waals surface area (Å²) in [6.45, 7) is 4.29. The molecule has 12 nitrogen and oxygen atoms in total. The zero-order chi connectivity index (χ0) is 53.4. The van der Waals surface area contributed by atoms with Crippen LogP contribution in [0.4, 0.5) is 0 Å². The lowest BCUT2D eigenvalue weighted by Gasteiger charge is -2.45. The number of unbranched alkanes of at least 4 members (excludes halogenated alkanes) is 24. The Bertz CT molecular complexity index is 1970. The summed E-state index contributed by atoms with van der Waals surface area (Å²) < 4.78 is 80.2. The van der Waals surface area contributed by atoms with Crippen molar-refractivity contribution < 1.29 is 55.7 Å². The predicted octanol–water partition coefficient (Wildman–Crippen LogP) is 14.8. The van der Waals surface area contributed by atoms with Gasteiger partial charge in [0.05, 0.1) is 26.4 Å². The van der Waals surface area contributed by atoms with E-state index in [1.54, 1.807) is 0 Å². The van der Waals surface area contributed by atoms with Crippen LogP contribution in [-0.4, -0.2) is 80.7 Å². The fraction of sp³-hybridized carbons (Fsp3) is 0.677. The van der Waals surface area contributed by atoms with Gasteiger partial charge >= 0.3 is 11.9 Å². The van der Waals surface area contributed by atoms with Crippen molar-refractivity contribution in [2.24, 2.45) is 0 Å². The standard InChI is InChI=1S/C62H96O12S/c1-3-5-7-9-11-13-15-17-19-21-23-25-36-44-57(63)68-49-55(73-58(64)45-37-26-24-22-20-18-16-14-12-10-8-6-4-2)50-72-62-61(71-48-54-42-34-29-35-43-54)60(70-47-53-40-32-28-33-41-53)59(56(74-62)51-75(65,66)67)69-46-52-38-30-27-31-39-52/h27-35,38-43,55-56,59-62H,3-26,36-37,44-51H2,1-2H3,(H,65,66,67)/t55?,56-,59+,60+,61-,62?/m1/s1. The van der Waals surface area contributed by atoms with Crippen LogP contribution in [0.2, 0.25) is 0 Å². The molecule has 1 heterocycles. The van der Waals surface area contributed by atoms with Gasteiger partial charge in [0, 0.05) is 12.8 Å². The molecule has 13 heteroatoms. The molecule has 0 spiro atoms. The first-order valence-electron chi connectivity index (χ1n) is 29.2. The third kappa shape index (κ3) is 30.2. The summed E-state index contributed by atoms with van der Waals surface area (Å²) in [5.41, 5.74) is 2.54. The lowest BCUT2D eigenvalue weighted by atomic mass is 9.98. The molecule has 0 aliphatic carbocycles. The van der Waals surface area contributed by atoms with E-state index < -0.39 is 58.7 Å². The first kappa shape index (κ1) is 63.8. The maximum absolute atomic E-state index is 13.5. The second-order valence-corrected chi connectivity index (χ2v) is 22.2. The largest absolute Gasteiger partial charge is 0.462 e. The van der Waals surface area contributed by atoms with Gasteiger partial charge in [-0.05, 0) is 29.5 Å². The summed E-state index contributed by atoms with van der Waals surface area (Å²) in [5, 5.41) is 0. The highest BCUT2D eigenvalue weighted by Crippen LogP contribution is 2.32. The molecule has 1 N–H and O–H groups in total. The van der Waals surface area contributed by atoms with Crippen LogP contribution in [0.3, 0.4) is 0 Å². The number of carbonyl (C=O) groups excluding carboxylic acids is 2. The van der Waals surface area contributed by atoms with Crippen molar-refractivity contribution in [3.63, 3.8) is 0 Å². The van der Waals surface area contributed by atoms with Crippen LogP contribution in [0.15, 0.2) is 91.0 Å². The molecule has 2 unspecified atom stereocenters. The molecule has 3 aromatic carbocycles. The van der Waals surface area contributed by atoms with Crippen LogP contribution in [0.25, 0.3) is 0 Å². The molecule has 3 aromatic rings. The number of benzene rings is 3. The van der Waals surface area contributed by atoms with Gasteiger partial charge in [0.15, 0.2) is 12.4 Å². The Labute approximate surface area is 452 Å². The van der Waals surface area contributed by atoms with E-state index in [1.807, 2.05) is 91.0 Å². The van der Waals surface area contributed by atoms with Gasteiger partial charge in [-0.15, -0.1) is 0 Å². The lowest BCUT2D eigenvalue weighted by molar-refractivity contribution is -0.322. The summed E-state index contributed by atoms with van der Waals surface area (Å²) in [5.74, 6) is -1.63. The molecule has 1 fully saturated rings. The van der Waals surface area contributed by atoms with Gasteiger partial charge in [0.25, 0.3) is 10.1 Å². The summed E-state index contributed by atoms with van der Waals surface area (Å²) in [7, 11) is -4.62. The summed E-state index contributed by atoms with van der Waals surface area (Å²) >= 11 is 0. The minimum atomic E-state index is -4.62. The first-order chi connectivity index (χ1) is 36.6. The molecule has 422 valence electrons. The molecule has 0 radical (unpaired) electrons. The summed E-state index contributed by atoms with van der Waals surface area (Å²) in [6.07, 6.45) is 24.8. The van der Waals surface area contributed by atoms with Gasteiger partial charge in [-0.3, -0.25) is 14.1 Å². The van der Waals surface area contributed by atoms with Crippen molar-refractivity contribution in [1.29, 1.82) is 0 Å². The Kier molecular flexibility index (Phi) is 34.5. The minimum Gasteiger partial charge on any atom is -0.462 e. The van der Waals surface area contributed by atoms with Crippen molar-refractivity contribution in [3.8, 4) is 0 Å². The van der Waals surface area contributed by atoms with Crippen molar-refractivity contribution in [3.05, 3.63) is 108 Å². The van der Waals surface area contributed by atoms with Crippen molar-refractivity contribution in [2.45, 2.75) is 250 Å². The fourth-order valence-corrected chi connectivity index (χ4v) is 10.3. The van der Waals surface area contributed by atoms with Crippen LogP contribution in [0, 0.1) is 0 Å². The van der Waals surface area contributed by atoms with Crippen LogP contribution in [-0.2, 0) is 72.7 Å². The topological polar surface area (TPSA) is 153 Å². The highest BCUT2D eigenvalue weighted by Gasteiger charge is 2.50. The number of rotatable bonds is 45. The van der Waals surface area contributed by atoms with Crippen molar-refractivity contribution >= 4 is 22.1 Å². The maximum Gasteiger partial charge on any atom is 0.306 e. The average Bonchev–Trinajstić information content (AvgIpc) is 3.41. The molecule has 6 atom stereocenters. The van der Waals surface area contributed by atoms with Gasteiger partial charge in [-0.2, -0.15) is 8.42 Å². The van der Waals surface area contributed by atoms with Crippen molar-refractivity contribution in [2.75, 3.05) is 19.0 Å². The van der Waals surface area contributed by atoms with E-state index in [0.717, 1.165) is 55.2 Å². The third-order valence-electron chi connectivity index (χ3n) is 14.0. The maximum atomic E-state index is 13.5. The minimum absolute atomic E-state index is 0.0843. The molecular formula is C62H96O12S. The van der Waals surface area contributed by atoms with Gasteiger partial charge in [-0.1, -0.05) is 259 Å². The van der Waals surface area contributed by atoms with E-state index in [1.165, 1.54) is 116 Å². The molecule has 1 saturated heterocycles. The Balaban J connectivity index is 1.43. The second-order valence-electron chi connectivity index (χ2n) is 20.7. The lowest BCUT2D eigenvalue weighted by Crippen LogP contribution is -2.62. The summed E-state index contributed by atoms with van der Waals surface area (Å²) in [6, 6.07) is 28.5. The first-order valence-corrected chi connectivity index (χ1v) is 30.8. The molecule has 0 aromatic heterocycles. The van der Waals surface area contributed by atoms with Crippen LogP contribution in [0.1, 0.15) is 210 Å². The Hall–Kier alpha value is -3.69. The van der Waals surface area contributed by atoms with Gasteiger partial charge < -0.3 is 33.2 Å². The molecule has 4 rings (SSSR count). The van der Waals surface area contributed by atoms with E-state index in [-0.39, 0.29) is 51.8 Å². The van der Waals surface area contributed by atoms with E-state index in [2.05, 4.69) is 13.8 Å². The molecule has 0 saturated carbocycles. The van der Waals surface area contributed by atoms with Gasteiger partial charge in [0.1, 0.15) is 36.8 Å². The number of hydrogen-bond acceptors (Lipinski definition) is 11. The van der Waals surface area contributed by atoms with E-state index in [4.69, 9.17) is 33.2 Å². The molecule has 0 amide bonds. The molecular weight excluding hydrogens is 969 g/mol. The monoisotopic (exact) mass is 1060 g/mol. The van der Waals surface area contributed by atoms with Gasteiger partial charge in [0.2, 0.25) is 0 Å². The highest BCUT2D eigenvalue weighted by atomic mass is 32.2. The SMILES string of the molecule is CCCCCCCCCCCCCCCC(=O)OCC(COC1O[C@H](CS(=O)(=O)O)[C@H](OCc2ccccc2)[C@H](OCc2ccccc2)[C@H]1OCc1ccccc1)OC(=O)CCCCCCCCCCCCCCC. The number of ether oxygens (including phenoxy) is 7. The molecule has 1 aliphatic rings. The third-order valence-corrected chi connectivity index (χ3v) is 14.7. The average molecular weight is 1070 g/mol. The molecule has 75 heavy (non-hydrogen) atoms. The molecule has 0 bridgehead atoms. The zero-order valence-electron chi connectivity index (χ0n) is 46.0.